The molecule has 108 valence electrons. The third-order valence-electron chi connectivity index (χ3n) is 3.56. The van der Waals surface area contributed by atoms with E-state index >= 15 is 0 Å². The first-order chi connectivity index (χ1) is 10.7. The van der Waals surface area contributed by atoms with E-state index in [-0.39, 0.29) is 5.78 Å². The molecule has 1 aromatic heterocycles. The number of benzene rings is 2. The van der Waals surface area contributed by atoms with Gasteiger partial charge in [0.1, 0.15) is 0 Å². The smallest absolute Gasteiger partial charge is 0.231 e. The quantitative estimate of drug-likeness (QED) is 0.546. The Morgan fingerprint density at radius 1 is 1.09 bits per heavy atom. The number of hydrogen-bond donors (Lipinski definition) is 0. The van der Waals surface area contributed by atoms with Crippen LogP contribution in [0.5, 0.6) is 0 Å². The van der Waals surface area contributed by atoms with Crippen LogP contribution in [0.15, 0.2) is 73.2 Å². The molecule has 0 radical (unpaired) electrons. The molecule has 0 unspecified atom stereocenters. The van der Waals surface area contributed by atoms with E-state index in [1.54, 1.807) is 12.4 Å². The molecule has 0 amide bonds. The van der Waals surface area contributed by atoms with Crippen LogP contribution in [0.4, 0.5) is 0 Å². The molecule has 0 N–H and O–H groups in total. The molecule has 0 saturated heterocycles. The summed E-state index contributed by atoms with van der Waals surface area (Å²) in [6.07, 6.45) is 5.35. The standard InChI is InChI=1S/C19H17N2O/c1-15-6-5-9-17(12-15)18-13-20-10-11-21(18)14-19(22)16-7-3-2-4-8-16/h2-13H,14H2,1H3/q+1. The largest absolute Gasteiger partial charge is 0.287 e. The molecule has 0 spiro atoms. The maximum atomic E-state index is 12.4. The van der Waals surface area contributed by atoms with Crippen molar-refractivity contribution < 1.29 is 9.36 Å². The summed E-state index contributed by atoms with van der Waals surface area (Å²) < 4.78 is 1.94. The van der Waals surface area contributed by atoms with Crippen LogP contribution < -0.4 is 4.57 Å². The lowest BCUT2D eigenvalue weighted by molar-refractivity contribution is -0.672. The van der Waals surface area contributed by atoms with Gasteiger partial charge in [-0.15, -0.1) is 0 Å². The Labute approximate surface area is 129 Å². The highest BCUT2D eigenvalue weighted by Gasteiger charge is 2.17. The van der Waals surface area contributed by atoms with Gasteiger partial charge < -0.3 is 0 Å². The normalized spacial score (nSPS) is 10.4. The zero-order valence-corrected chi connectivity index (χ0v) is 12.4. The van der Waals surface area contributed by atoms with Crippen molar-refractivity contribution >= 4 is 5.78 Å². The summed E-state index contributed by atoms with van der Waals surface area (Å²) >= 11 is 0. The van der Waals surface area contributed by atoms with Crippen molar-refractivity contribution in [3.63, 3.8) is 0 Å². The lowest BCUT2D eigenvalue weighted by atomic mass is 10.1. The van der Waals surface area contributed by atoms with Crippen LogP contribution in [0.3, 0.4) is 0 Å². The molecule has 3 rings (SSSR count). The van der Waals surface area contributed by atoms with E-state index in [0.717, 1.165) is 16.8 Å². The molecule has 22 heavy (non-hydrogen) atoms. The SMILES string of the molecule is Cc1cccc(-c2cncc[n+]2CC(=O)c2ccccc2)c1. The first-order valence-corrected chi connectivity index (χ1v) is 7.23. The number of hydrogen-bond acceptors (Lipinski definition) is 2. The van der Waals surface area contributed by atoms with Gasteiger partial charge in [-0.1, -0.05) is 48.0 Å². The van der Waals surface area contributed by atoms with Crippen molar-refractivity contribution in [2.45, 2.75) is 13.5 Å². The Kier molecular flexibility index (Phi) is 4.05. The van der Waals surface area contributed by atoms with E-state index in [2.05, 4.69) is 24.0 Å². The third kappa shape index (κ3) is 3.09. The Bertz CT molecular complexity index is 797. The van der Waals surface area contributed by atoms with Crippen LogP contribution in [-0.2, 0) is 6.54 Å². The average molecular weight is 289 g/mol. The van der Waals surface area contributed by atoms with Gasteiger partial charge in [-0.25, -0.2) is 0 Å². The van der Waals surface area contributed by atoms with Gasteiger partial charge in [-0.05, 0) is 19.1 Å². The van der Waals surface area contributed by atoms with E-state index in [1.165, 1.54) is 5.56 Å². The van der Waals surface area contributed by atoms with Crippen molar-refractivity contribution in [1.29, 1.82) is 0 Å². The molecule has 0 aliphatic heterocycles. The number of Topliss-reactive ketones (excluding diaryl/α,β-unsaturated/α-hetero) is 1. The molecular formula is C19H17N2O+. The monoisotopic (exact) mass is 289 g/mol. The van der Waals surface area contributed by atoms with Crippen molar-refractivity contribution in [2.24, 2.45) is 0 Å². The summed E-state index contributed by atoms with van der Waals surface area (Å²) in [6, 6.07) is 17.6. The van der Waals surface area contributed by atoms with Crippen molar-refractivity contribution in [1.82, 2.24) is 4.98 Å². The zero-order chi connectivity index (χ0) is 15.4. The lowest BCUT2D eigenvalue weighted by Crippen LogP contribution is -2.40. The summed E-state index contributed by atoms with van der Waals surface area (Å²) in [7, 11) is 0. The van der Waals surface area contributed by atoms with Gasteiger partial charge in [0.05, 0.1) is 12.4 Å². The molecule has 1 heterocycles. The van der Waals surface area contributed by atoms with E-state index in [1.807, 2.05) is 53.2 Å². The van der Waals surface area contributed by atoms with Crippen LogP contribution in [0.1, 0.15) is 15.9 Å². The first-order valence-electron chi connectivity index (χ1n) is 7.23. The molecule has 3 aromatic rings. The van der Waals surface area contributed by atoms with Gasteiger partial charge in [0.2, 0.25) is 18.0 Å². The molecule has 0 saturated carbocycles. The highest BCUT2D eigenvalue weighted by Crippen LogP contribution is 2.15. The molecular weight excluding hydrogens is 272 g/mol. The van der Waals surface area contributed by atoms with Gasteiger partial charge in [0.25, 0.3) is 0 Å². The second-order valence-corrected chi connectivity index (χ2v) is 5.25. The molecule has 3 nitrogen and oxygen atoms in total. The van der Waals surface area contributed by atoms with Gasteiger partial charge in [0, 0.05) is 11.1 Å². The first kappa shape index (κ1) is 14.1. The minimum absolute atomic E-state index is 0.0886. The number of ketones is 1. The number of aromatic nitrogens is 2. The Hall–Kier alpha value is -2.81. The fourth-order valence-corrected chi connectivity index (χ4v) is 2.44. The van der Waals surface area contributed by atoms with E-state index in [4.69, 9.17) is 0 Å². The minimum Gasteiger partial charge on any atom is -0.287 e. The topological polar surface area (TPSA) is 33.8 Å². The van der Waals surface area contributed by atoms with Crippen LogP contribution in [0.25, 0.3) is 11.3 Å². The number of carbonyl (C=O) groups is 1. The maximum absolute atomic E-state index is 12.4. The Morgan fingerprint density at radius 3 is 2.68 bits per heavy atom. The maximum Gasteiger partial charge on any atom is 0.231 e. The Morgan fingerprint density at radius 2 is 1.91 bits per heavy atom. The summed E-state index contributed by atoms with van der Waals surface area (Å²) in [4.78, 5) is 16.6. The molecule has 2 aromatic carbocycles. The summed E-state index contributed by atoms with van der Waals surface area (Å²) in [5, 5.41) is 0. The number of carbonyl (C=O) groups excluding carboxylic acids is 1. The second-order valence-electron chi connectivity index (χ2n) is 5.25. The highest BCUT2D eigenvalue weighted by atomic mass is 16.1. The van der Waals surface area contributed by atoms with E-state index < -0.39 is 0 Å². The number of nitrogens with zero attached hydrogens (tertiary/aromatic N) is 2. The zero-order valence-electron chi connectivity index (χ0n) is 12.4. The van der Waals surface area contributed by atoms with Gasteiger partial charge in [0.15, 0.2) is 6.20 Å². The second kappa shape index (κ2) is 6.31. The van der Waals surface area contributed by atoms with Crippen LogP contribution >= 0.6 is 0 Å². The van der Waals surface area contributed by atoms with E-state index in [9.17, 15) is 4.79 Å². The third-order valence-corrected chi connectivity index (χ3v) is 3.56. The summed E-state index contributed by atoms with van der Waals surface area (Å²) in [5.41, 5.74) is 3.91. The van der Waals surface area contributed by atoms with Crippen molar-refractivity contribution in [3.8, 4) is 11.3 Å². The fourth-order valence-electron chi connectivity index (χ4n) is 2.44. The predicted molar refractivity (Wildman–Crippen MR) is 85.4 cm³/mol. The lowest BCUT2D eigenvalue weighted by Gasteiger charge is -2.04. The Balaban J connectivity index is 1.94. The molecule has 0 aliphatic carbocycles. The number of rotatable bonds is 4. The van der Waals surface area contributed by atoms with Crippen molar-refractivity contribution in [2.75, 3.05) is 0 Å². The molecule has 3 heteroatoms. The van der Waals surface area contributed by atoms with Gasteiger partial charge in [-0.2, -0.15) is 4.57 Å². The summed E-state index contributed by atoms with van der Waals surface area (Å²) in [5.74, 6) is 0.0886. The molecule has 0 fully saturated rings. The van der Waals surface area contributed by atoms with Crippen molar-refractivity contribution in [3.05, 3.63) is 84.3 Å². The van der Waals surface area contributed by atoms with Crippen LogP contribution in [0, 0.1) is 6.92 Å². The number of aryl methyl sites for hydroxylation is 1. The van der Waals surface area contributed by atoms with Gasteiger partial charge >= 0.3 is 0 Å². The predicted octanol–water partition coefficient (Wildman–Crippen LogP) is 3.23. The minimum atomic E-state index is 0.0886. The summed E-state index contributed by atoms with van der Waals surface area (Å²) in [6.45, 7) is 2.36. The van der Waals surface area contributed by atoms with Crippen LogP contribution in [-0.4, -0.2) is 10.8 Å². The van der Waals surface area contributed by atoms with Crippen LogP contribution in [0.2, 0.25) is 0 Å². The molecule has 0 atom stereocenters. The van der Waals surface area contributed by atoms with E-state index in [0.29, 0.717) is 6.54 Å². The highest BCUT2D eigenvalue weighted by molar-refractivity contribution is 5.95. The average Bonchev–Trinajstić information content (AvgIpc) is 2.56. The molecule has 0 aliphatic rings. The van der Waals surface area contributed by atoms with Gasteiger partial charge in [-0.3, -0.25) is 9.78 Å². The fraction of sp³-hybridized carbons (Fsp3) is 0.105. The molecule has 0 bridgehead atoms.